The molecule has 0 aliphatic carbocycles. The van der Waals surface area contributed by atoms with Gasteiger partial charge in [0.15, 0.2) is 5.82 Å². The molecule has 1 fully saturated rings. The largest absolute Gasteiger partial charge is 0.494 e. The normalized spacial score (nSPS) is 16.3. The molecule has 3 heterocycles. The summed E-state index contributed by atoms with van der Waals surface area (Å²) >= 11 is 0. The minimum absolute atomic E-state index is 0.0558. The molecule has 0 radical (unpaired) electrons. The second-order valence-electron chi connectivity index (χ2n) is 9.94. The maximum Gasteiger partial charge on any atom is 0.253 e. The first-order chi connectivity index (χ1) is 19.1. The van der Waals surface area contributed by atoms with E-state index in [-0.39, 0.29) is 11.7 Å². The lowest BCUT2D eigenvalue weighted by Crippen LogP contribution is -2.39. The zero-order valence-corrected chi connectivity index (χ0v) is 22.8. The van der Waals surface area contributed by atoms with Crippen LogP contribution in [0.1, 0.15) is 48.3 Å². The second-order valence-corrected chi connectivity index (χ2v) is 9.94. The van der Waals surface area contributed by atoms with Crippen LogP contribution in [0.25, 0.3) is 10.9 Å². The summed E-state index contributed by atoms with van der Waals surface area (Å²) in [6, 6.07) is 15.6. The molecule has 1 aliphatic rings. The molecule has 2 aromatic carbocycles. The SMILES string of the molecule is CCOc1ccc(CN(CC2CCCO2)C(c2cc3cc(C)ccc3[nH]c2=O)c2nnnn2CCOC)cc1. The summed E-state index contributed by atoms with van der Waals surface area (Å²) in [7, 11) is 1.65. The molecule has 1 saturated heterocycles. The number of methoxy groups -OCH3 is 1. The Bertz CT molecular complexity index is 1430. The number of ether oxygens (including phenoxy) is 3. The van der Waals surface area contributed by atoms with Gasteiger partial charge in [-0.3, -0.25) is 9.69 Å². The van der Waals surface area contributed by atoms with Crippen molar-refractivity contribution in [3.05, 3.63) is 81.4 Å². The molecule has 0 amide bonds. The molecule has 0 saturated carbocycles. The van der Waals surface area contributed by atoms with E-state index in [1.54, 1.807) is 11.8 Å². The molecule has 1 aliphatic heterocycles. The first kappa shape index (κ1) is 27.0. The van der Waals surface area contributed by atoms with Crippen molar-refractivity contribution < 1.29 is 14.2 Å². The molecule has 10 heteroatoms. The zero-order chi connectivity index (χ0) is 27.2. The molecule has 0 bridgehead atoms. The predicted molar refractivity (Wildman–Crippen MR) is 148 cm³/mol. The Labute approximate surface area is 227 Å². The molecule has 2 aromatic heterocycles. The van der Waals surface area contributed by atoms with Gasteiger partial charge in [-0.15, -0.1) is 5.10 Å². The van der Waals surface area contributed by atoms with Crippen molar-refractivity contribution in [1.29, 1.82) is 0 Å². The Morgan fingerprint density at radius 2 is 2.05 bits per heavy atom. The Morgan fingerprint density at radius 3 is 2.79 bits per heavy atom. The number of nitrogens with zero attached hydrogens (tertiary/aromatic N) is 5. The van der Waals surface area contributed by atoms with Crippen molar-refractivity contribution >= 4 is 10.9 Å². The van der Waals surface area contributed by atoms with E-state index in [2.05, 4.69) is 43.6 Å². The number of pyridine rings is 1. The average molecular weight is 533 g/mol. The van der Waals surface area contributed by atoms with Gasteiger partial charge in [0, 0.05) is 37.9 Å². The van der Waals surface area contributed by atoms with Gasteiger partial charge in [-0.1, -0.05) is 23.8 Å². The van der Waals surface area contributed by atoms with E-state index in [1.807, 2.05) is 44.2 Å². The quantitative estimate of drug-likeness (QED) is 0.295. The van der Waals surface area contributed by atoms with Gasteiger partial charge < -0.3 is 19.2 Å². The van der Waals surface area contributed by atoms with E-state index >= 15 is 0 Å². The van der Waals surface area contributed by atoms with Crippen molar-refractivity contribution in [2.45, 2.75) is 51.9 Å². The summed E-state index contributed by atoms with van der Waals surface area (Å²) < 4.78 is 18.8. The lowest BCUT2D eigenvalue weighted by molar-refractivity contribution is 0.0569. The highest BCUT2D eigenvalue weighted by atomic mass is 16.5. The number of aromatic nitrogens is 5. The van der Waals surface area contributed by atoms with E-state index in [0.717, 1.165) is 47.2 Å². The monoisotopic (exact) mass is 532 g/mol. The van der Waals surface area contributed by atoms with Crippen LogP contribution in [-0.2, 0) is 22.6 Å². The summed E-state index contributed by atoms with van der Waals surface area (Å²) in [4.78, 5) is 19.0. The standard InChI is InChI=1S/C29H36N6O4/c1-4-38-23-10-8-21(9-11-23)18-34(19-24-6-5-14-39-24)27(28-31-32-33-35(28)13-15-37-3)25-17-22-16-20(2)7-12-26(22)30-29(25)36/h7-12,16-17,24,27H,4-6,13-15,18-19H2,1-3H3,(H,30,36). The summed E-state index contributed by atoms with van der Waals surface area (Å²) in [6.07, 6.45) is 2.04. The molecule has 2 atom stereocenters. The van der Waals surface area contributed by atoms with E-state index < -0.39 is 6.04 Å². The van der Waals surface area contributed by atoms with Crippen LogP contribution in [0.2, 0.25) is 0 Å². The maximum absolute atomic E-state index is 13.7. The van der Waals surface area contributed by atoms with Gasteiger partial charge in [0.25, 0.3) is 5.56 Å². The molecule has 10 nitrogen and oxygen atoms in total. The van der Waals surface area contributed by atoms with Crippen molar-refractivity contribution in [2.24, 2.45) is 0 Å². The number of aryl methyl sites for hydroxylation is 1. The molecule has 206 valence electrons. The molecule has 5 rings (SSSR count). The third-order valence-electron chi connectivity index (χ3n) is 7.08. The molecular weight excluding hydrogens is 496 g/mol. The highest BCUT2D eigenvalue weighted by Crippen LogP contribution is 2.30. The number of fused-ring (bicyclic) bond motifs is 1. The van der Waals surface area contributed by atoms with Crippen LogP contribution in [-0.4, -0.2) is 69.7 Å². The van der Waals surface area contributed by atoms with E-state index in [9.17, 15) is 4.79 Å². The summed E-state index contributed by atoms with van der Waals surface area (Å²) in [6.45, 7) is 7.48. The first-order valence-electron chi connectivity index (χ1n) is 13.5. The molecule has 4 aromatic rings. The van der Waals surface area contributed by atoms with Crippen LogP contribution in [0.4, 0.5) is 0 Å². The number of tetrazole rings is 1. The third kappa shape index (κ3) is 6.35. The smallest absolute Gasteiger partial charge is 0.253 e. The maximum atomic E-state index is 13.7. The van der Waals surface area contributed by atoms with Gasteiger partial charge >= 0.3 is 0 Å². The molecule has 39 heavy (non-hydrogen) atoms. The van der Waals surface area contributed by atoms with E-state index in [4.69, 9.17) is 14.2 Å². The summed E-state index contributed by atoms with van der Waals surface area (Å²) in [5, 5.41) is 13.7. The Morgan fingerprint density at radius 1 is 1.21 bits per heavy atom. The highest BCUT2D eigenvalue weighted by Gasteiger charge is 2.33. The number of H-pyrrole nitrogens is 1. The van der Waals surface area contributed by atoms with Crippen molar-refractivity contribution in [2.75, 3.05) is 33.5 Å². The van der Waals surface area contributed by atoms with Crippen LogP contribution >= 0.6 is 0 Å². The van der Waals surface area contributed by atoms with Crippen LogP contribution in [0, 0.1) is 6.92 Å². The fraction of sp³-hybridized carbons (Fsp3) is 0.448. The number of hydrogen-bond acceptors (Lipinski definition) is 8. The number of rotatable bonds is 12. The zero-order valence-electron chi connectivity index (χ0n) is 22.8. The van der Waals surface area contributed by atoms with Gasteiger partial charge in [-0.2, -0.15) is 0 Å². The topological polar surface area (TPSA) is 107 Å². The van der Waals surface area contributed by atoms with Crippen molar-refractivity contribution in [3.8, 4) is 5.75 Å². The van der Waals surface area contributed by atoms with Gasteiger partial charge in [-0.05, 0) is 78.4 Å². The number of nitrogens with one attached hydrogen (secondary N) is 1. The highest BCUT2D eigenvalue weighted by molar-refractivity contribution is 5.79. The molecule has 1 N–H and O–H groups in total. The number of hydrogen-bond donors (Lipinski definition) is 1. The summed E-state index contributed by atoms with van der Waals surface area (Å²) in [5.74, 6) is 1.42. The Hall–Kier alpha value is -3.60. The lowest BCUT2D eigenvalue weighted by atomic mass is 10.0. The minimum atomic E-state index is -0.513. The van der Waals surface area contributed by atoms with E-state index in [0.29, 0.717) is 44.2 Å². The van der Waals surface area contributed by atoms with Crippen LogP contribution in [0.5, 0.6) is 5.75 Å². The minimum Gasteiger partial charge on any atom is -0.494 e. The van der Waals surface area contributed by atoms with E-state index in [1.165, 1.54) is 0 Å². The number of benzene rings is 2. The fourth-order valence-corrected chi connectivity index (χ4v) is 5.19. The van der Waals surface area contributed by atoms with Crippen LogP contribution in [0.15, 0.2) is 53.3 Å². The average Bonchev–Trinajstić information content (AvgIpc) is 3.62. The Kier molecular flexibility index (Phi) is 8.65. The van der Waals surface area contributed by atoms with Crippen molar-refractivity contribution in [3.63, 3.8) is 0 Å². The van der Waals surface area contributed by atoms with Crippen LogP contribution < -0.4 is 10.3 Å². The molecule has 0 spiro atoms. The predicted octanol–water partition coefficient (Wildman–Crippen LogP) is 3.64. The molecular formula is C29H36N6O4. The third-order valence-corrected chi connectivity index (χ3v) is 7.08. The lowest BCUT2D eigenvalue weighted by Gasteiger charge is -2.32. The Balaban J connectivity index is 1.62. The molecule has 2 unspecified atom stereocenters. The van der Waals surface area contributed by atoms with Gasteiger partial charge in [-0.25, -0.2) is 4.68 Å². The van der Waals surface area contributed by atoms with Gasteiger partial charge in [0.05, 0.1) is 25.9 Å². The van der Waals surface area contributed by atoms with Gasteiger partial charge in [0.1, 0.15) is 11.8 Å². The summed E-state index contributed by atoms with van der Waals surface area (Å²) in [5.41, 5.74) is 3.43. The van der Waals surface area contributed by atoms with Gasteiger partial charge in [0.2, 0.25) is 0 Å². The second kappa shape index (κ2) is 12.5. The fourth-order valence-electron chi connectivity index (χ4n) is 5.19. The number of aromatic amines is 1. The first-order valence-corrected chi connectivity index (χ1v) is 13.5. The van der Waals surface area contributed by atoms with Crippen LogP contribution in [0.3, 0.4) is 0 Å². The van der Waals surface area contributed by atoms with Crippen molar-refractivity contribution in [1.82, 2.24) is 30.1 Å².